The number of hydrogen-bond acceptors (Lipinski definition) is 4. The Morgan fingerprint density at radius 2 is 1.88 bits per heavy atom. The Morgan fingerprint density at radius 1 is 1.12 bits per heavy atom. The number of nitrogens with one attached hydrogen (secondary N) is 1. The summed E-state index contributed by atoms with van der Waals surface area (Å²) in [6.07, 6.45) is 0. The van der Waals surface area contributed by atoms with Gasteiger partial charge in [-0.2, -0.15) is 0 Å². The molecule has 1 aromatic heterocycles. The number of fused-ring (bicyclic) bond motifs is 1. The van der Waals surface area contributed by atoms with Gasteiger partial charge < -0.3 is 9.72 Å². The Hall–Kier alpha value is -2.66. The number of hydrogen-bond donors (Lipinski definition) is 1. The van der Waals surface area contributed by atoms with Gasteiger partial charge >= 0.3 is 0 Å². The topological polar surface area (TPSA) is 58.2 Å². The number of aromatic amines is 1. The molecule has 3 rings (SSSR count). The summed E-state index contributed by atoms with van der Waals surface area (Å²) in [4.78, 5) is 21.5. The highest BCUT2D eigenvalue weighted by Gasteiger charge is 2.06. The van der Waals surface area contributed by atoms with E-state index >= 15 is 0 Å². The number of likely N-dealkylation sites (N-methyl/N-ethyl adjacent to an activating group) is 1. The monoisotopic (exact) mass is 323 g/mol. The predicted molar refractivity (Wildman–Crippen MR) is 95.4 cm³/mol. The number of rotatable bonds is 6. The zero-order valence-electron chi connectivity index (χ0n) is 14.0. The zero-order chi connectivity index (χ0) is 16.9. The summed E-state index contributed by atoms with van der Waals surface area (Å²) in [5.41, 5.74) is 1.84. The third-order valence-electron chi connectivity index (χ3n) is 3.84. The molecule has 0 aliphatic rings. The quantitative estimate of drug-likeness (QED) is 0.758. The molecule has 24 heavy (non-hydrogen) atoms. The van der Waals surface area contributed by atoms with E-state index in [2.05, 4.69) is 21.8 Å². The zero-order valence-corrected chi connectivity index (χ0v) is 14.0. The second-order valence-electron chi connectivity index (χ2n) is 5.93. The number of aryl methyl sites for hydroxylation is 1. The minimum Gasteiger partial charge on any atom is -0.492 e. The molecule has 1 heterocycles. The van der Waals surface area contributed by atoms with Crippen LogP contribution < -0.4 is 10.3 Å². The summed E-state index contributed by atoms with van der Waals surface area (Å²) >= 11 is 0. The van der Waals surface area contributed by atoms with Gasteiger partial charge in [0.1, 0.15) is 18.2 Å². The molecule has 0 amide bonds. The van der Waals surface area contributed by atoms with Crippen LogP contribution in [0.5, 0.6) is 5.75 Å². The SMILES string of the molecule is Cc1ccc(OCCN(C)Cc2nc3ccccc3c(=O)[nH]2)cc1. The molecule has 0 aliphatic carbocycles. The number of aromatic nitrogens is 2. The van der Waals surface area contributed by atoms with E-state index in [0.29, 0.717) is 24.4 Å². The molecule has 0 unspecified atom stereocenters. The average Bonchev–Trinajstić information content (AvgIpc) is 2.57. The highest BCUT2D eigenvalue weighted by molar-refractivity contribution is 5.77. The van der Waals surface area contributed by atoms with E-state index in [4.69, 9.17) is 4.74 Å². The lowest BCUT2D eigenvalue weighted by Crippen LogP contribution is -2.26. The van der Waals surface area contributed by atoms with Gasteiger partial charge in [-0.1, -0.05) is 29.8 Å². The van der Waals surface area contributed by atoms with E-state index < -0.39 is 0 Å². The first kappa shape index (κ1) is 16.2. The van der Waals surface area contributed by atoms with Gasteiger partial charge in [-0.25, -0.2) is 4.98 Å². The Balaban J connectivity index is 1.57. The Kier molecular flexibility index (Phi) is 4.91. The van der Waals surface area contributed by atoms with E-state index in [-0.39, 0.29) is 5.56 Å². The maximum absolute atomic E-state index is 12.1. The molecule has 2 aromatic carbocycles. The molecule has 0 radical (unpaired) electrons. The Bertz CT molecular complexity index is 872. The Morgan fingerprint density at radius 3 is 2.67 bits per heavy atom. The van der Waals surface area contributed by atoms with Crippen molar-refractivity contribution in [3.8, 4) is 5.75 Å². The van der Waals surface area contributed by atoms with Crippen LogP contribution in [-0.4, -0.2) is 35.1 Å². The number of para-hydroxylation sites is 1. The number of nitrogens with zero attached hydrogens (tertiary/aromatic N) is 2. The van der Waals surface area contributed by atoms with Crippen molar-refractivity contribution in [3.63, 3.8) is 0 Å². The van der Waals surface area contributed by atoms with Crippen molar-refractivity contribution in [1.82, 2.24) is 14.9 Å². The van der Waals surface area contributed by atoms with Crippen molar-refractivity contribution < 1.29 is 4.74 Å². The van der Waals surface area contributed by atoms with E-state index in [1.165, 1.54) is 5.56 Å². The lowest BCUT2D eigenvalue weighted by atomic mass is 10.2. The lowest BCUT2D eigenvalue weighted by molar-refractivity contribution is 0.230. The maximum atomic E-state index is 12.1. The van der Waals surface area contributed by atoms with Crippen LogP contribution in [0.1, 0.15) is 11.4 Å². The standard InChI is InChI=1S/C19H21N3O2/c1-14-7-9-15(10-8-14)24-12-11-22(2)13-18-20-17-6-4-3-5-16(17)19(23)21-18/h3-10H,11-13H2,1-2H3,(H,20,21,23). The molecule has 1 N–H and O–H groups in total. The van der Waals surface area contributed by atoms with E-state index in [9.17, 15) is 4.79 Å². The second kappa shape index (κ2) is 7.27. The van der Waals surface area contributed by atoms with Gasteiger partial charge in [0.25, 0.3) is 5.56 Å². The molecule has 5 heteroatoms. The molecule has 0 bridgehead atoms. The maximum Gasteiger partial charge on any atom is 0.258 e. The smallest absolute Gasteiger partial charge is 0.258 e. The molecule has 0 saturated heterocycles. The summed E-state index contributed by atoms with van der Waals surface area (Å²) in [7, 11) is 1.98. The van der Waals surface area contributed by atoms with Crippen molar-refractivity contribution in [2.24, 2.45) is 0 Å². The van der Waals surface area contributed by atoms with Crippen molar-refractivity contribution in [3.05, 3.63) is 70.3 Å². The summed E-state index contributed by atoms with van der Waals surface area (Å²) < 4.78 is 5.73. The van der Waals surface area contributed by atoms with Crippen LogP contribution in [0.2, 0.25) is 0 Å². The third-order valence-corrected chi connectivity index (χ3v) is 3.84. The summed E-state index contributed by atoms with van der Waals surface area (Å²) in [5.74, 6) is 1.53. The van der Waals surface area contributed by atoms with Gasteiger partial charge in [-0.15, -0.1) is 0 Å². The normalized spacial score (nSPS) is 11.1. The van der Waals surface area contributed by atoms with Crippen LogP contribution in [0.4, 0.5) is 0 Å². The Labute approximate surface area is 140 Å². The molecule has 0 fully saturated rings. The van der Waals surface area contributed by atoms with Crippen LogP contribution in [-0.2, 0) is 6.54 Å². The number of benzene rings is 2. The highest BCUT2D eigenvalue weighted by atomic mass is 16.5. The molecule has 124 valence electrons. The molecule has 0 atom stereocenters. The molecule has 3 aromatic rings. The second-order valence-corrected chi connectivity index (χ2v) is 5.93. The molecule has 5 nitrogen and oxygen atoms in total. The van der Waals surface area contributed by atoms with Crippen LogP contribution in [0.15, 0.2) is 53.3 Å². The predicted octanol–water partition coefficient (Wildman–Crippen LogP) is 2.74. The summed E-state index contributed by atoms with van der Waals surface area (Å²) in [5, 5.41) is 0.617. The first-order valence-electron chi connectivity index (χ1n) is 7.98. The van der Waals surface area contributed by atoms with Gasteiger partial charge in [0.15, 0.2) is 0 Å². The van der Waals surface area contributed by atoms with Crippen molar-refractivity contribution >= 4 is 10.9 Å². The van der Waals surface area contributed by atoms with Gasteiger partial charge in [0, 0.05) is 6.54 Å². The molecular formula is C19H21N3O2. The van der Waals surface area contributed by atoms with E-state index in [1.807, 2.05) is 49.5 Å². The van der Waals surface area contributed by atoms with Crippen LogP contribution >= 0.6 is 0 Å². The van der Waals surface area contributed by atoms with Crippen LogP contribution in [0.3, 0.4) is 0 Å². The average molecular weight is 323 g/mol. The van der Waals surface area contributed by atoms with Crippen LogP contribution in [0, 0.1) is 6.92 Å². The van der Waals surface area contributed by atoms with Gasteiger partial charge in [0.2, 0.25) is 0 Å². The lowest BCUT2D eigenvalue weighted by Gasteiger charge is -2.16. The fraction of sp³-hybridized carbons (Fsp3) is 0.263. The van der Waals surface area contributed by atoms with E-state index in [1.54, 1.807) is 6.07 Å². The van der Waals surface area contributed by atoms with Crippen molar-refractivity contribution in [2.45, 2.75) is 13.5 Å². The first-order chi connectivity index (χ1) is 11.6. The van der Waals surface area contributed by atoms with Crippen molar-refractivity contribution in [1.29, 1.82) is 0 Å². The van der Waals surface area contributed by atoms with Gasteiger partial charge in [-0.3, -0.25) is 9.69 Å². The molecular weight excluding hydrogens is 302 g/mol. The molecule has 0 aliphatic heterocycles. The molecule has 0 saturated carbocycles. The highest BCUT2D eigenvalue weighted by Crippen LogP contribution is 2.11. The fourth-order valence-corrected chi connectivity index (χ4v) is 2.50. The molecule has 0 spiro atoms. The van der Waals surface area contributed by atoms with Gasteiger partial charge in [-0.05, 0) is 38.2 Å². The third kappa shape index (κ3) is 4.00. The van der Waals surface area contributed by atoms with Gasteiger partial charge in [0.05, 0.1) is 17.4 Å². The summed E-state index contributed by atoms with van der Waals surface area (Å²) in [6, 6.07) is 15.4. The number of H-pyrrole nitrogens is 1. The first-order valence-corrected chi connectivity index (χ1v) is 7.98. The van der Waals surface area contributed by atoms with Crippen LogP contribution in [0.25, 0.3) is 10.9 Å². The summed E-state index contributed by atoms with van der Waals surface area (Å²) in [6.45, 7) is 3.94. The number of ether oxygens (including phenoxy) is 1. The minimum absolute atomic E-state index is 0.0973. The fourth-order valence-electron chi connectivity index (χ4n) is 2.50. The largest absolute Gasteiger partial charge is 0.492 e. The minimum atomic E-state index is -0.0973. The van der Waals surface area contributed by atoms with Crippen molar-refractivity contribution in [2.75, 3.05) is 20.2 Å². The van der Waals surface area contributed by atoms with E-state index in [0.717, 1.165) is 17.8 Å².